The van der Waals surface area contributed by atoms with Gasteiger partial charge in [-0.25, -0.2) is 4.99 Å². The summed E-state index contributed by atoms with van der Waals surface area (Å²) in [7, 11) is 0. The third kappa shape index (κ3) is 2.98. The number of nitrogens with zero attached hydrogens (tertiary/aromatic N) is 1. The van der Waals surface area contributed by atoms with Crippen LogP contribution in [0.25, 0.3) is 0 Å². The minimum absolute atomic E-state index is 0. The quantitative estimate of drug-likeness (QED) is 0.409. The molecule has 3 fully saturated rings. The number of halogens is 1. The Bertz CT molecular complexity index is 599. The smallest absolute Gasteiger partial charge is 0.191 e. The molecule has 4 rings (SSSR count). The molecule has 24 heavy (non-hydrogen) atoms. The van der Waals surface area contributed by atoms with Crippen molar-refractivity contribution in [3.8, 4) is 0 Å². The minimum atomic E-state index is 0. The normalized spacial score (nSPS) is 30.1. The van der Waals surface area contributed by atoms with Crippen LogP contribution in [-0.4, -0.2) is 31.3 Å². The molecule has 0 aromatic carbocycles. The van der Waals surface area contributed by atoms with E-state index in [0.29, 0.717) is 23.5 Å². The number of fused-ring (bicyclic) bond motifs is 2. The molecular formula is C18H28IN3OS. The van der Waals surface area contributed by atoms with Crippen LogP contribution in [0.1, 0.15) is 43.0 Å². The molecule has 3 unspecified atom stereocenters. The summed E-state index contributed by atoms with van der Waals surface area (Å²) in [5.41, 5.74) is 1.74. The molecule has 1 aliphatic heterocycles. The number of nitrogens with one attached hydrogen (secondary N) is 2. The molecule has 3 aliphatic rings. The van der Waals surface area contributed by atoms with Crippen LogP contribution in [0.15, 0.2) is 16.4 Å². The molecule has 4 nitrogen and oxygen atoms in total. The van der Waals surface area contributed by atoms with E-state index in [4.69, 9.17) is 9.73 Å². The zero-order chi connectivity index (χ0) is 15.9. The number of ether oxygens (including phenoxy) is 1. The second-order valence-electron chi connectivity index (χ2n) is 7.17. The van der Waals surface area contributed by atoms with Gasteiger partial charge in [-0.05, 0) is 50.1 Å². The first-order chi connectivity index (χ1) is 11.2. The summed E-state index contributed by atoms with van der Waals surface area (Å²) >= 11 is 1.80. The van der Waals surface area contributed by atoms with E-state index >= 15 is 0 Å². The highest BCUT2D eigenvalue weighted by molar-refractivity contribution is 14.0. The first-order valence-corrected chi connectivity index (χ1v) is 9.82. The fraction of sp³-hybridized carbons (Fsp3) is 0.722. The van der Waals surface area contributed by atoms with Gasteiger partial charge in [-0.3, -0.25) is 0 Å². The van der Waals surface area contributed by atoms with Gasteiger partial charge in [0.15, 0.2) is 5.96 Å². The third-order valence-corrected chi connectivity index (χ3v) is 7.03. The Kier molecular flexibility index (Phi) is 5.76. The molecule has 2 aliphatic carbocycles. The van der Waals surface area contributed by atoms with Crippen molar-refractivity contribution in [2.75, 3.05) is 13.2 Å². The summed E-state index contributed by atoms with van der Waals surface area (Å²) in [6, 6.07) is 2.72. The van der Waals surface area contributed by atoms with Gasteiger partial charge in [0.25, 0.3) is 0 Å². The van der Waals surface area contributed by atoms with Crippen LogP contribution in [0.5, 0.6) is 0 Å². The second-order valence-corrected chi connectivity index (χ2v) is 8.18. The van der Waals surface area contributed by atoms with Crippen molar-refractivity contribution in [3.63, 3.8) is 0 Å². The summed E-state index contributed by atoms with van der Waals surface area (Å²) in [4.78, 5) is 6.20. The van der Waals surface area contributed by atoms with Crippen molar-refractivity contribution in [3.05, 3.63) is 21.9 Å². The van der Waals surface area contributed by atoms with Gasteiger partial charge in [0.2, 0.25) is 0 Å². The van der Waals surface area contributed by atoms with Crippen molar-refractivity contribution >= 4 is 41.3 Å². The number of aryl methyl sites for hydroxylation is 1. The van der Waals surface area contributed by atoms with Gasteiger partial charge < -0.3 is 15.4 Å². The van der Waals surface area contributed by atoms with E-state index in [-0.39, 0.29) is 24.0 Å². The fourth-order valence-corrected chi connectivity index (χ4v) is 5.47. The Balaban J connectivity index is 0.00000169. The zero-order valence-corrected chi connectivity index (χ0v) is 17.7. The van der Waals surface area contributed by atoms with Gasteiger partial charge in [0.1, 0.15) is 0 Å². The molecule has 6 heteroatoms. The van der Waals surface area contributed by atoms with Gasteiger partial charge in [0, 0.05) is 35.4 Å². The Morgan fingerprint density at radius 3 is 2.92 bits per heavy atom. The minimum Gasteiger partial charge on any atom is -0.377 e. The van der Waals surface area contributed by atoms with Crippen LogP contribution < -0.4 is 10.6 Å². The van der Waals surface area contributed by atoms with Crippen LogP contribution in [0, 0.1) is 18.3 Å². The average molecular weight is 461 g/mol. The summed E-state index contributed by atoms with van der Waals surface area (Å²) < 4.78 is 6.02. The van der Waals surface area contributed by atoms with Gasteiger partial charge in [-0.2, -0.15) is 0 Å². The first-order valence-electron chi connectivity index (χ1n) is 8.94. The standard InChI is InChI=1S/C18H27N3OS.HI/c1-3-19-17(20-11-14-12(2)6-10-23-14)21-15-13-5-9-22-16(13)18(15)7-4-8-18;/h6,10,13,15-16H,3-5,7-9,11H2,1-2H3,(H2,19,20,21);1H. The third-order valence-electron chi connectivity index (χ3n) is 6.02. The lowest BCUT2D eigenvalue weighted by atomic mass is 9.46. The first kappa shape index (κ1) is 18.5. The number of guanidine groups is 1. The molecular weight excluding hydrogens is 433 g/mol. The Hall–Kier alpha value is -0.340. The van der Waals surface area contributed by atoms with E-state index in [1.165, 1.54) is 36.1 Å². The SMILES string of the molecule is CCNC(=NCc1sccc1C)NC1C2CCOC2C12CCC2.I. The molecule has 1 aromatic rings. The Labute approximate surface area is 165 Å². The summed E-state index contributed by atoms with van der Waals surface area (Å²) in [5, 5.41) is 9.35. The molecule has 2 saturated carbocycles. The maximum absolute atomic E-state index is 6.02. The van der Waals surface area contributed by atoms with E-state index in [9.17, 15) is 0 Å². The highest BCUT2D eigenvalue weighted by Gasteiger charge is 2.66. The highest BCUT2D eigenvalue weighted by Crippen LogP contribution is 2.62. The van der Waals surface area contributed by atoms with Crippen molar-refractivity contribution in [1.82, 2.24) is 10.6 Å². The summed E-state index contributed by atoms with van der Waals surface area (Å²) in [6.07, 6.45) is 5.70. The van der Waals surface area contributed by atoms with E-state index in [1.807, 2.05) is 0 Å². The Morgan fingerprint density at radius 2 is 2.29 bits per heavy atom. The fourth-order valence-electron chi connectivity index (χ4n) is 4.64. The van der Waals surface area contributed by atoms with Crippen LogP contribution in [0.2, 0.25) is 0 Å². The lowest BCUT2D eigenvalue weighted by molar-refractivity contribution is -0.171. The molecule has 0 radical (unpaired) electrons. The molecule has 3 atom stereocenters. The molecule has 0 bridgehead atoms. The van der Waals surface area contributed by atoms with Crippen molar-refractivity contribution in [2.45, 2.75) is 58.2 Å². The monoisotopic (exact) mass is 461 g/mol. The number of hydrogen-bond acceptors (Lipinski definition) is 3. The number of thiophene rings is 1. The molecule has 1 aromatic heterocycles. The Morgan fingerprint density at radius 1 is 1.46 bits per heavy atom. The number of hydrogen-bond donors (Lipinski definition) is 2. The largest absolute Gasteiger partial charge is 0.377 e. The van der Waals surface area contributed by atoms with Crippen LogP contribution in [0.3, 0.4) is 0 Å². The van der Waals surface area contributed by atoms with E-state index < -0.39 is 0 Å². The van der Waals surface area contributed by atoms with E-state index in [2.05, 4.69) is 35.9 Å². The van der Waals surface area contributed by atoms with Crippen molar-refractivity contribution in [1.29, 1.82) is 0 Å². The van der Waals surface area contributed by atoms with Crippen molar-refractivity contribution < 1.29 is 4.74 Å². The summed E-state index contributed by atoms with van der Waals surface area (Å²) in [5.74, 6) is 1.66. The molecule has 1 saturated heterocycles. The van der Waals surface area contributed by atoms with Crippen LogP contribution in [-0.2, 0) is 11.3 Å². The van der Waals surface area contributed by atoms with Gasteiger partial charge in [-0.15, -0.1) is 35.3 Å². The maximum atomic E-state index is 6.02. The number of aliphatic imine (C=N–C) groups is 1. The van der Waals surface area contributed by atoms with Crippen LogP contribution in [0.4, 0.5) is 0 Å². The maximum Gasteiger partial charge on any atom is 0.191 e. The average Bonchev–Trinajstić information content (AvgIpc) is 3.08. The zero-order valence-electron chi connectivity index (χ0n) is 14.5. The molecule has 1 spiro atoms. The topological polar surface area (TPSA) is 45.7 Å². The predicted octanol–water partition coefficient (Wildman–Crippen LogP) is 3.69. The summed E-state index contributed by atoms with van der Waals surface area (Å²) in [6.45, 7) is 6.91. The van der Waals surface area contributed by atoms with Gasteiger partial charge in [-0.1, -0.05) is 6.42 Å². The second kappa shape index (κ2) is 7.50. The lowest BCUT2D eigenvalue weighted by Gasteiger charge is -2.63. The highest BCUT2D eigenvalue weighted by atomic mass is 127. The predicted molar refractivity (Wildman–Crippen MR) is 110 cm³/mol. The van der Waals surface area contributed by atoms with E-state index in [0.717, 1.165) is 25.7 Å². The van der Waals surface area contributed by atoms with Gasteiger partial charge >= 0.3 is 0 Å². The molecule has 0 amide bonds. The van der Waals surface area contributed by atoms with Crippen molar-refractivity contribution in [2.24, 2.45) is 16.3 Å². The molecule has 2 heterocycles. The molecule has 134 valence electrons. The van der Waals surface area contributed by atoms with Crippen LogP contribution >= 0.6 is 35.3 Å². The number of rotatable bonds is 4. The van der Waals surface area contributed by atoms with E-state index in [1.54, 1.807) is 11.3 Å². The van der Waals surface area contributed by atoms with Gasteiger partial charge in [0.05, 0.1) is 12.6 Å². The lowest BCUT2D eigenvalue weighted by Crippen LogP contribution is -2.72. The molecule has 2 N–H and O–H groups in total.